The summed E-state index contributed by atoms with van der Waals surface area (Å²) >= 11 is 18.5. The van der Waals surface area contributed by atoms with E-state index in [2.05, 4.69) is 24.7 Å². The number of aryl methyl sites for hydroxylation is 1. The van der Waals surface area contributed by atoms with E-state index in [1.165, 1.54) is 0 Å². The fourth-order valence-electron chi connectivity index (χ4n) is 1.49. The van der Waals surface area contributed by atoms with Gasteiger partial charge in [-0.2, -0.15) is 4.98 Å². The molecule has 0 spiro atoms. The van der Waals surface area contributed by atoms with Crippen LogP contribution in [0.15, 0.2) is 23.1 Å². The number of nitrogens with one attached hydrogen (secondary N) is 1. The SMILES string of the molecule is C.Cc1cc(Nc2nc(Cl)nc(Cl)c2Cl)ccc1SOOO. The van der Waals surface area contributed by atoms with Crippen molar-refractivity contribution in [2.75, 3.05) is 5.32 Å². The minimum Gasteiger partial charge on any atom is -0.339 e. The third-order valence-corrected chi connectivity index (χ3v) is 4.04. The van der Waals surface area contributed by atoms with Gasteiger partial charge in [0.25, 0.3) is 0 Å². The average molecular weight is 385 g/mol. The molecule has 22 heavy (non-hydrogen) atoms. The maximum Gasteiger partial charge on any atom is 0.225 e. The molecule has 1 aromatic heterocycles. The summed E-state index contributed by atoms with van der Waals surface area (Å²) in [5.41, 5.74) is 1.60. The molecule has 2 N–H and O–H groups in total. The van der Waals surface area contributed by atoms with Crippen LogP contribution in [-0.4, -0.2) is 15.2 Å². The van der Waals surface area contributed by atoms with Crippen molar-refractivity contribution in [1.82, 2.24) is 9.97 Å². The van der Waals surface area contributed by atoms with E-state index in [1.54, 1.807) is 12.1 Å². The smallest absolute Gasteiger partial charge is 0.225 e. The van der Waals surface area contributed by atoms with Crippen molar-refractivity contribution in [3.8, 4) is 0 Å². The number of anilines is 2. The molecule has 2 rings (SSSR count). The molecule has 1 aromatic carbocycles. The Morgan fingerprint density at radius 3 is 2.59 bits per heavy atom. The molecule has 0 aliphatic carbocycles. The first-order valence-corrected chi connectivity index (χ1v) is 7.29. The van der Waals surface area contributed by atoms with Crippen molar-refractivity contribution in [3.05, 3.63) is 39.2 Å². The number of hydrogen-bond acceptors (Lipinski definition) is 7. The molecule has 0 amide bonds. The van der Waals surface area contributed by atoms with Gasteiger partial charge in [0.05, 0.1) is 12.0 Å². The summed E-state index contributed by atoms with van der Waals surface area (Å²) in [6, 6.07) is 5.35. The largest absolute Gasteiger partial charge is 0.339 e. The molecule has 1 heterocycles. The number of rotatable bonds is 5. The van der Waals surface area contributed by atoms with E-state index in [0.717, 1.165) is 28.2 Å². The van der Waals surface area contributed by atoms with Crippen LogP contribution in [-0.2, 0) is 9.37 Å². The van der Waals surface area contributed by atoms with E-state index < -0.39 is 0 Å². The molecule has 0 bridgehead atoms. The Hall–Kier alpha value is -0.800. The molecule has 120 valence electrons. The van der Waals surface area contributed by atoms with Gasteiger partial charge in [-0.3, -0.25) is 0 Å². The van der Waals surface area contributed by atoms with Crippen LogP contribution >= 0.6 is 46.8 Å². The Morgan fingerprint density at radius 1 is 1.23 bits per heavy atom. The third-order valence-electron chi connectivity index (χ3n) is 2.38. The predicted octanol–water partition coefficient (Wildman–Crippen LogP) is 5.55. The van der Waals surface area contributed by atoms with E-state index in [-0.39, 0.29) is 22.9 Å². The van der Waals surface area contributed by atoms with Gasteiger partial charge in [0.1, 0.15) is 5.02 Å². The highest BCUT2D eigenvalue weighted by Gasteiger charge is 2.11. The Bertz CT molecular complexity index is 661. The Balaban J connectivity index is 0.00000242. The second-order valence-corrected chi connectivity index (χ2v) is 5.59. The molecule has 0 saturated carbocycles. The van der Waals surface area contributed by atoms with Crippen molar-refractivity contribution >= 4 is 58.4 Å². The summed E-state index contributed by atoms with van der Waals surface area (Å²) in [6.45, 7) is 1.86. The van der Waals surface area contributed by atoms with Crippen molar-refractivity contribution in [1.29, 1.82) is 0 Å². The lowest BCUT2D eigenvalue weighted by Gasteiger charge is -2.10. The van der Waals surface area contributed by atoms with Crippen molar-refractivity contribution in [3.63, 3.8) is 0 Å². The zero-order valence-corrected chi connectivity index (χ0v) is 13.5. The average Bonchev–Trinajstić information content (AvgIpc) is 2.43. The van der Waals surface area contributed by atoms with Gasteiger partial charge in [-0.25, -0.2) is 10.2 Å². The van der Waals surface area contributed by atoms with Crippen LogP contribution < -0.4 is 5.32 Å². The van der Waals surface area contributed by atoms with E-state index >= 15 is 0 Å². The van der Waals surface area contributed by atoms with E-state index in [9.17, 15) is 0 Å². The van der Waals surface area contributed by atoms with Gasteiger partial charge in [-0.1, -0.05) is 35.7 Å². The molecule has 0 aliphatic heterocycles. The summed E-state index contributed by atoms with van der Waals surface area (Å²) in [7, 11) is 0. The zero-order valence-electron chi connectivity index (χ0n) is 10.4. The number of halogens is 3. The third kappa shape index (κ3) is 4.85. The minimum absolute atomic E-state index is 0. The van der Waals surface area contributed by atoms with Crippen LogP contribution in [0.25, 0.3) is 0 Å². The number of aromatic nitrogens is 2. The van der Waals surface area contributed by atoms with Crippen molar-refractivity contribution < 1.29 is 14.6 Å². The van der Waals surface area contributed by atoms with Crippen LogP contribution in [0.1, 0.15) is 13.0 Å². The minimum atomic E-state index is -0.00991. The van der Waals surface area contributed by atoms with Gasteiger partial charge in [0.2, 0.25) is 5.28 Å². The van der Waals surface area contributed by atoms with Gasteiger partial charge in [-0.15, -0.1) is 4.33 Å². The lowest BCUT2D eigenvalue weighted by molar-refractivity contribution is -0.432. The molecule has 0 unspecified atom stereocenters. The van der Waals surface area contributed by atoms with Crippen molar-refractivity contribution in [2.45, 2.75) is 19.2 Å². The first kappa shape index (κ1) is 19.2. The Labute approximate surface area is 146 Å². The second kappa shape index (κ2) is 8.73. The highest BCUT2D eigenvalue weighted by molar-refractivity contribution is 7.94. The lowest BCUT2D eigenvalue weighted by atomic mass is 10.2. The summed E-state index contributed by atoms with van der Waals surface area (Å²) in [4.78, 5) is 8.47. The number of hydrogen-bond donors (Lipinski definition) is 2. The molecule has 2 aromatic rings. The summed E-state index contributed by atoms with van der Waals surface area (Å²) in [5, 5.41) is 14.9. The maximum absolute atomic E-state index is 8.14. The van der Waals surface area contributed by atoms with E-state index in [1.807, 2.05) is 13.0 Å². The highest BCUT2D eigenvalue weighted by Crippen LogP contribution is 2.32. The van der Waals surface area contributed by atoms with E-state index in [0.29, 0.717) is 5.82 Å². The van der Waals surface area contributed by atoms with Crippen LogP contribution in [0.3, 0.4) is 0 Å². The fourth-order valence-corrected chi connectivity index (χ4v) is 2.42. The van der Waals surface area contributed by atoms with Crippen LogP contribution in [0.2, 0.25) is 15.5 Å². The molecule has 0 saturated heterocycles. The molecular formula is C12H12Cl3N3O3S. The van der Waals surface area contributed by atoms with E-state index in [4.69, 9.17) is 40.1 Å². The van der Waals surface area contributed by atoms with Gasteiger partial charge >= 0.3 is 0 Å². The lowest BCUT2D eigenvalue weighted by Crippen LogP contribution is -1.98. The number of benzene rings is 1. The second-order valence-electron chi connectivity index (χ2n) is 3.78. The first-order chi connectivity index (χ1) is 10.0. The highest BCUT2D eigenvalue weighted by atomic mass is 35.5. The molecule has 0 radical (unpaired) electrons. The Morgan fingerprint density at radius 2 is 1.95 bits per heavy atom. The van der Waals surface area contributed by atoms with Crippen LogP contribution in [0.5, 0.6) is 0 Å². The van der Waals surface area contributed by atoms with Crippen molar-refractivity contribution in [2.24, 2.45) is 0 Å². The van der Waals surface area contributed by atoms with Crippen LogP contribution in [0.4, 0.5) is 11.5 Å². The molecular weight excluding hydrogens is 373 g/mol. The zero-order chi connectivity index (χ0) is 15.4. The standard InChI is InChI=1S/C11H8Cl3N3O3S.CH4/c1-5-4-6(2-3-7(5)21-20-19-18)15-10-8(12)9(13)16-11(14)17-10;/h2-4,18H,1H3,(H,15,16,17);1H4. The Kier molecular flexibility index (Phi) is 7.64. The summed E-state index contributed by atoms with van der Waals surface area (Å²) < 4.78 is 4.38. The summed E-state index contributed by atoms with van der Waals surface area (Å²) in [5.74, 6) is 0.302. The maximum atomic E-state index is 8.14. The summed E-state index contributed by atoms with van der Waals surface area (Å²) in [6.07, 6.45) is 0. The molecule has 10 heteroatoms. The normalized spacial score (nSPS) is 10.2. The molecule has 0 atom stereocenters. The van der Waals surface area contributed by atoms with Gasteiger partial charge in [0, 0.05) is 10.6 Å². The first-order valence-electron chi connectivity index (χ1n) is 5.42. The van der Waals surface area contributed by atoms with Gasteiger partial charge < -0.3 is 5.32 Å². The molecule has 6 nitrogen and oxygen atoms in total. The predicted molar refractivity (Wildman–Crippen MR) is 88.9 cm³/mol. The monoisotopic (exact) mass is 383 g/mol. The fraction of sp³-hybridized carbons (Fsp3) is 0.167. The molecule has 0 fully saturated rings. The quantitative estimate of drug-likeness (QED) is 0.230. The topological polar surface area (TPSA) is 76.5 Å². The number of nitrogens with zero attached hydrogens (tertiary/aromatic N) is 2. The van der Waals surface area contributed by atoms with Gasteiger partial charge in [0.15, 0.2) is 11.0 Å². The van der Waals surface area contributed by atoms with Crippen LogP contribution in [0, 0.1) is 6.92 Å². The van der Waals surface area contributed by atoms with Gasteiger partial charge in [-0.05, 0) is 42.3 Å². The molecule has 0 aliphatic rings.